The van der Waals surface area contributed by atoms with Crippen LogP contribution in [0.15, 0.2) is 50.5 Å². The van der Waals surface area contributed by atoms with Crippen LogP contribution in [-0.2, 0) is 16.6 Å². The molecule has 9 heteroatoms. The predicted molar refractivity (Wildman–Crippen MR) is 83.3 cm³/mol. The fourth-order valence-electron chi connectivity index (χ4n) is 2.29. The van der Waals surface area contributed by atoms with Gasteiger partial charge in [-0.3, -0.25) is 9.29 Å². The van der Waals surface area contributed by atoms with Crippen molar-refractivity contribution in [1.29, 1.82) is 0 Å². The number of aromatic nitrogens is 1. The van der Waals surface area contributed by atoms with E-state index in [0.717, 1.165) is 18.2 Å². The van der Waals surface area contributed by atoms with Gasteiger partial charge in [-0.15, -0.1) is 0 Å². The van der Waals surface area contributed by atoms with E-state index in [9.17, 15) is 22.0 Å². The molecule has 0 unspecified atom stereocenters. The Balaban J connectivity index is 2.01. The van der Waals surface area contributed by atoms with Gasteiger partial charge in [0.05, 0.1) is 16.1 Å². The number of halogens is 2. The number of hydrogen-bond acceptors (Lipinski definition) is 4. The van der Waals surface area contributed by atoms with Crippen molar-refractivity contribution < 1.29 is 21.6 Å². The SMILES string of the molecule is CCn1c(=O)oc2cc(S(=O)(=O)Nc3ccc(F)c(F)c3)ccc21. The number of rotatable bonds is 4. The first-order valence-electron chi connectivity index (χ1n) is 6.93. The summed E-state index contributed by atoms with van der Waals surface area (Å²) in [7, 11) is -4.06. The third-order valence-corrected chi connectivity index (χ3v) is 4.82. The number of fused-ring (bicyclic) bond motifs is 1. The van der Waals surface area contributed by atoms with Crippen LogP contribution in [0.3, 0.4) is 0 Å². The lowest BCUT2D eigenvalue weighted by Gasteiger charge is -2.08. The first-order chi connectivity index (χ1) is 11.3. The Morgan fingerprint density at radius 1 is 1.12 bits per heavy atom. The summed E-state index contributed by atoms with van der Waals surface area (Å²) in [4.78, 5) is 11.5. The van der Waals surface area contributed by atoms with E-state index >= 15 is 0 Å². The van der Waals surface area contributed by atoms with Gasteiger partial charge in [-0.2, -0.15) is 0 Å². The summed E-state index contributed by atoms with van der Waals surface area (Å²) in [6.07, 6.45) is 0. The second-order valence-corrected chi connectivity index (χ2v) is 6.66. The van der Waals surface area contributed by atoms with E-state index in [1.165, 1.54) is 22.8 Å². The second-order valence-electron chi connectivity index (χ2n) is 4.98. The molecule has 0 saturated heterocycles. The molecule has 1 N–H and O–H groups in total. The molecule has 3 aromatic rings. The molecule has 0 aliphatic carbocycles. The highest BCUT2D eigenvalue weighted by atomic mass is 32.2. The lowest BCUT2D eigenvalue weighted by atomic mass is 10.3. The summed E-state index contributed by atoms with van der Waals surface area (Å²) in [6, 6.07) is 6.60. The Kier molecular flexibility index (Phi) is 3.88. The van der Waals surface area contributed by atoms with Crippen LogP contribution in [0.1, 0.15) is 6.92 Å². The quantitative estimate of drug-likeness (QED) is 0.781. The van der Waals surface area contributed by atoms with E-state index in [0.29, 0.717) is 12.1 Å². The van der Waals surface area contributed by atoms with E-state index in [2.05, 4.69) is 4.72 Å². The van der Waals surface area contributed by atoms with Gasteiger partial charge in [0.1, 0.15) is 0 Å². The Morgan fingerprint density at radius 3 is 2.54 bits per heavy atom. The van der Waals surface area contributed by atoms with Crippen LogP contribution in [0, 0.1) is 11.6 Å². The number of anilines is 1. The van der Waals surface area contributed by atoms with Gasteiger partial charge in [-0.25, -0.2) is 22.0 Å². The first-order valence-corrected chi connectivity index (χ1v) is 8.41. The van der Waals surface area contributed by atoms with Gasteiger partial charge in [0.2, 0.25) is 0 Å². The highest BCUT2D eigenvalue weighted by molar-refractivity contribution is 7.92. The number of aryl methyl sites for hydroxylation is 1. The molecule has 6 nitrogen and oxygen atoms in total. The Hall–Kier alpha value is -2.68. The third-order valence-electron chi connectivity index (χ3n) is 3.44. The molecule has 126 valence electrons. The Bertz CT molecular complexity index is 1090. The number of nitrogens with one attached hydrogen (secondary N) is 1. The largest absolute Gasteiger partial charge is 0.419 e. The van der Waals surface area contributed by atoms with Crippen LogP contribution >= 0.6 is 0 Å². The standard InChI is InChI=1S/C15H12F2N2O4S/c1-2-19-13-6-4-10(8-14(13)23-15(19)20)24(21,22)18-9-3-5-11(16)12(17)7-9/h3-8,18H,2H2,1H3. The predicted octanol–water partition coefficient (Wildman–Crippen LogP) is 2.69. The monoisotopic (exact) mass is 354 g/mol. The summed E-state index contributed by atoms with van der Waals surface area (Å²) in [5.74, 6) is -2.84. The molecular formula is C15H12F2N2O4S. The summed E-state index contributed by atoms with van der Waals surface area (Å²) in [5, 5.41) is 0. The lowest BCUT2D eigenvalue weighted by Crippen LogP contribution is -2.13. The molecule has 0 aliphatic heterocycles. The van der Waals surface area contributed by atoms with Crippen molar-refractivity contribution in [2.75, 3.05) is 4.72 Å². The summed E-state index contributed by atoms with van der Waals surface area (Å²) in [5.41, 5.74) is 0.464. The fourth-order valence-corrected chi connectivity index (χ4v) is 3.35. The average Bonchev–Trinajstić information content (AvgIpc) is 2.84. The molecule has 0 spiro atoms. The van der Waals surface area contributed by atoms with Gasteiger partial charge in [0.25, 0.3) is 10.0 Å². The van der Waals surface area contributed by atoms with Crippen molar-refractivity contribution in [3.05, 3.63) is 58.6 Å². The zero-order valence-corrected chi connectivity index (χ0v) is 13.2. The fraction of sp³-hybridized carbons (Fsp3) is 0.133. The highest BCUT2D eigenvalue weighted by Crippen LogP contribution is 2.22. The van der Waals surface area contributed by atoms with Gasteiger partial charge < -0.3 is 4.42 Å². The Labute approximate surface area is 135 Å². The minimum absolute atomic E-state index is 0.120. The first kappa shape index (κ1) is 16.2. The zero-order chi connectivity index (χ0) is 17.5. The number of oxazole rings is 1. The second kappa shape index (κ2) is 5.75. The summed E-state index contributed by atoms with van der Waals surface area (Å²) in [6.45, 7) is 2.14. The lowest BCUT2D eigenvalue weighted by molar-refractivity contribution is 0.509. The van der Waals surface area contributed by atoms with Crippen LogP contribution < -0.4 is 10.5 Å². The van der Waals surface area contributed by atoms with Crippen molar-refractivity contribution in [3.63, 3.8) is 0 Å². The molecule has 0 atom stereocenters. The van der Waals surface area contributed by atoms with Crippen molar-refractivity contribution in [3.8, 4) is 0 Å². The van der Waals surface area contributed by atoms with Crippen LogP contribution in [0.25, 0.3) is 11.1 Å². The molecule has 0 bridgehead atoms. The maximum Gasteiger partial charge on any atom is 0.419 e. The van der Waals surface area contributed by atoms with E-state index in [1.807, 2.05) is 0 Å². The van der Waals surface area contributed by atoms with Crippen molar-refractivity contribution >= 4 is 26.8 Å². The Morgan fingerprint density at radius 2 is 1.88 bits per heavy atom. The minimum Gasteiger partial charge on any atom is -0.408 e. The molecule has 24 heavy (non-hydrogen) atoms. The highest BCUT2D eigenvalue weighted by Gasteiger charge is 2.18. The van der Waals surface area contributed by atoms with E-state index in [4.69, 9.17) is 4.42 Å². The molecule has 1 aromatic heterocycles. The maximum atomic E-state index is 13.2. The zero-order valence-electron chi connectivity index (χ0n) is 12.4. The molecule has 0 fully saturated rings. The molecule has 0 saturated carbocycles. The van der Waals surface area contributed by atoms with Gasteiger partial charge in [-0.05, 0) is 31.2 Å². The van der Waals surface area contributed by atoms with Gasteiger partial charge in [0, 0.05) is 18.7 Å². The van der Waals surface area contributed by atoms with Crippen LogP contribution in [0.4, 0.5) is 14.5 Å². The molecule has 0 aliphatic rings. The van der Waals surface area contributed by atoms with Gasteiger partial charge in [-0.1, -0.05) is 0 Å². The molecule has 1 heterocycles. The van der Waals surface area contributed by atoms with E-state index < -0.39 is 27.4 Å². The van der Waals surface area contributed by atoms with Crippen LogP contribution in [-0.4, -0.2) is 13.0 Å². The summed E-state index contributed by atoms with van der Waals surface area (Å²) >= 11 is 0. The molecule has 2 aromatic carbocycles. The molecule has 0 radical (unpaired) electrons. The minimum atomic E-state index is -4.06. The molecule has 0 amide bonds. The number of benzene rings is 2. The van der Waals surface area contributed by atoms with Crippen molar-refractivity contribution in [2.24, 2.45) is 0 Å². The topological polar surface area (TPSA) is 81.3 Å². The smallest absolute Gasteiger partial charge is 0.408 e. The normalized spacial score (nSPS) is 11.8. The number of sulfonamides is 1. The maximum absolute atomic E-state index is 13.2. The van der Waals surface area contributed by atoms with Gasteiger partial charge >= 0.3 is 5.76 Å². The van der Waals surface area contributed by atoms with Crippen LogP contribution in [0.2, 0.25) is 0 Å². The number of nitrogens with zero attached hydrogens (tertiary/aromatic N) is 1. The third kappa shape index (κ3) is 2.78. The van der Waals surface area contributed by atoms with Gasteiger partial charge in [0.15, 0.2) is 17.2 Å². The average molecular weight is 354 g/mol. The van der Waals surface area contributed by atoms with E-state index in [1.54, 1.807) is 6.92 Å². The molecular weight excluding hydrogens is 342 g/mol. The molecule has 3 rings (SSSR count). The summed E-state index contributed by atoms with van der Waals surface area (Å²) < 4.78 is 59.3. The van der Waals surface area contributed by atoms with E-state index in [-0.39, 0.29) is 16.2 Å². The van der Waals surface area contributed by atoms with Crippen molar-refractivity contribution in [2.45, 2.75) is 18.4 Å². The number of hydrogen-bond donors (Lipinski definition) is 1. The van der Waals surface area contributed by atoms with Crippen molar-refractivity contribution in [1.82, 2.24) is 4.57 Å². The van der Waals surface area contributed by atoms with Crippen LogP contribution in [0.5, 0.6) is 0 Å².